The number of hydrogen-bond donors (Lipinski definition) is 0. The number of hydrogen-bond acceptors (Lipinski definition) is 11. The van der Waals surface area contributed by atoms with Gasteiger partial charge in [0.25, 0.3) is 0 Å². The van der Waals surface area contributed by atoms with Gasteiger partial charge in [-0.25, -0.2) is 0 Å². The van der Waals surface area contributed by atoms with E-state index in [1.807, 2.05) is 61.5 Å². The fourth-order valence-electron chi connectivity index (χ4n) is 9.31. The van der Waals surface area contributed by atoms with Crippen LogP contribution < -0.4 is 9.47 Å². The summed E-state index contributed by atoms with van der Waals surface area (Å²) in [5.41, 5.74) is 3.34. The highest BCUT2D eigenvalue weighted by Gasteiger charge is 2.44. The van der Waals surface area contributed by atoms with Gasteiger partial charge in [0, 0.05) is 44.3 Å². The Hall–Kier alpha value is -3.59. The summed E-state index contributed by atoms with van der Waals surface area (Å²) in [6.45, 7) is 33.9. The SMILES string of the molecule is C=C/C=C\[C@H](C)[C@H](O[Si](C)(C)C(C)(C)C)[C@@H](C)[C@H](OCc1ccc(OC)cc1)[C@@H](C)C/C(C)=C\[C@H](C)[C@@H](OCOC)[C@@H](C)/C=C\[C@H](C[C@@H]1OC(=O)[C@H](C)[C@@H](OCc2ccc(OC)cc2)[C@H]1C)OCOC. The third-order valence-electron chi connectivity index (χ3n) is 14.4. The van der Waals surface area contributed by atoms with Crippen LogP contribution in [0.15, 0.2) is 97.1 Å². The molecule has 2 aromatic carbocycles. The number of cyclic esters (lactones) is 1. The van der Waals surface area contributed by atoms with Crippen molar-refractivity contribution < 1.29 is 51.9 Å². The quantitative estimate of drug-likeness (QED) is 0.0237. The van der Waals surface area contributed by atoms with Gasteiger partial charge in [-0.1, -0.05) is 135 Å². The highest BCUT2D eigenvalue weighted by atomic mass is 28.4. The van der Waals surface area contributed by atoms with E-state index in [1.54, 1.807) is 28.4 Å². The lowest BCUT2D eigenvalue weighted by Gasteiger charge is -2.44. The number of carbonyl (C=O) groups excluding carboxylic acids is 1. The van der Waals surface area contributed by atoms with Gasteiger partial charge in [-0.15, -0.1) is 0 Å². The molecule has 0 bridgehead atoms. The first kappa shape index (κ1) is 60.7. The van der Waals surface area contributed by atoms with Crippen molar-refractivity contribution in [3.63, 3.8) is 0 Å². The molecule has 0 radical (unpaired) electrons. The Morgan fingerprint density at radius 3 is 1.84 bits per heavy atom. The molecule has 1 aliphatic rings. The summed E-state index contributed by atoms with van der Waals surface area (Å²) >= 11 is 0. The zero-order valence-electron chi connectivity index (χ0n) is 46.0. The molecule has 2 aromatic rings. The molecule has 0 amide bonds. The van der Waals surface area contributed by atoms with Crippen molar-refractivity contribution in [1.29, 1.82) is 0 Å². The predicted octanol–water partition coefficient (Wildman–Crippen LogP) is 12.9. The monoisotopic (exact) mass is 993 g/mol. The number of ether oxygens (including phenoxy) is 9. The van der Waals surface area contributed by atoms with Gasteiger partial charge in [0.2, 0.25) is 0 Å². The van der Waals surface area contributed by atoms with Gasteiger partial charge in [0.1, 0.15) is 31.2 Å². The Morgan fingerprint density at radius 1 is 0.743 bits per heavy atom. The maximum absolute atomic E-state index is 13.2. The molecule has 1 aliphatic heterocycles. The van der Waals surface area contributed by atoms with E-state index in [4.69, 9.17) is 47.1 Å². The summed E-state index contributed by atoms with van der Waals surface area (Å²) in [5.74, 6) is 1.17. The average molecular weight is 993 g/mol. The van der Waals surface area contributed by atoms with Gasteiger partial charge < -0.3 is 47.1 Å². The maximum Gasteiger partial charge on any atom is 0.311 e. The van der Waals surface area contributed by atoms with E-state index in [-0.39, 0.29) is 84.5 Å². The summed E-state index contributed by atoms with van der Waals surface area (Å²) in [7, 11) is 4.40. The number of rotatable bonds is 31. The van der Waals surface area contributed by atoms with Gasteiger partial charge in [0.15, 0.2) is 8.32 Å². The maximum atomic E-state index is 13.2. The zero-order chi connectivity index (χ0) is 52.2. The molecule has 1 saturated heterocycles. The van der Waals surface area contributed by atoms with Crippen molar-refractivity contribution in [2.75, 3.05) is 42.0 Å². The lowest BCUT2D eigenvalue weighted by molar-refractivity contribution is -0.188. The summed E-state index contributed by atoms with van der Waals surface area (Å²) in [6, 6.07) is 15.9. The molecule has 1 fully saturated rings. The van der Waals surface area contributed by atoms with Crippen molar-refractivity contribution in [3.05, 3.63) is 108 Å². The standard InChI is InChI=1S/C58H92O11Si/c1-19-20-21-40(3)55(69-70(17,18)58(10,11)12)45(8)54(64-35-47-23-28-49(62-15)29-24-47)43(6)33-39(2)32-42(5)53(67-38-61-14)41(4)22-27-51(66-37-60-13)34-52-44(7)56(46(9)57(59)68-52)65-36-48-25-30-50(63-16)31-26-48/h19-32,40-46,51-56H,1,33-38H2,2-18H3/b21-20-,27-22-,39-32-/t40-,41-,42-,43-,44-,45-,46+,51+,52-,53-,54+,55-,56-/m0/s1. The molecule has 13 atom stereocenters. The summed E-state index contributed by atoms with van der Waals surface area (Å²) in [4.78, 5) is 13.2. The molecule has 11 nitrogen and oxygen atoms in total. The number of benzene rings is 2. The number of allylic oxidation sites excluding steroid dienone is 3. The highest BCUT2D eigenvalue weighted by Crippen LogP contribution is 2.41. The minimum Gasteiger partial charge on any atom is -0.497 e. The minimum absolute atomic E-state index is 0.0274. The largest absolute Gasteiger partial charge is 0.497 e. The van der Waals surface area contributed by atoms with E-state index in [1.165, 1.54) is 5.57 Å². The number of methoxy groups -OCH3 is 4. The molecule has 0 unspecified atom stereocenters. The normalized spacial score (nSPS) is 22.2. The molecule has 3 rings (SSSR count). The minimum atomic E-state index is -2.17. The summed E-state index contributed by atoms with van der Waals surface area (Å²) < 4.78 is 61.0. The molecule has 0 spiro atoms. The second-order valence-corrected chi connectivity index (χ2v) is 26.0. The van der Waals surface area contributed by atoms with E-state index in [9.17, 15) is 4.79 Å². The van der Waals surface area contributed by atoms with Crippen LogP contribution >= 0.6 is 0 Å². The van der Waals surface area contributed by atoms with Gasteiger partial charge in [-0.3, -0.25) is 4.79 Å². The molecule has 1 heterocycles. The van der Waals surface area contributed by atoms with Crippen LogP contribution in [0.2, 0.25) is 18.1 Å². The van der Waals surface area contributed by atoms with E-state index in [2.05, 4.69) is 119 Å². The molecule has 394 valence electrons. The fourth-order valence-corrected chi connectivity index (χ4v) is 10.8. The van der Waals surface area contributed by atoms with E-state index in [0.717, 1.165) is 29.0 Å². The van der Waals surface area contributed by atoms with Gasteiger partial charge >= 0.3 is 5.97 Å². The lowest BCUT2D eigenvalue weighted by atomic mass is 9.81. The van der Waals surface area contributed by atoms with E-state index in [0.29, 0.717) is 19.6 Å². The molecule has 0 aliphatic carbocycles. The van der Waals surface area contributed by atoms with Crippen LogP contribution in [0.4, 0.5) is 0 Å². The van der Waals surface area contributed by atoms with Crippen molar-refractivity contribution >= 4 is 14.3 Å². The lowest BCUT2D eigenvalue weighted by Crippen LogP contribution is -2.50. The van der Waals surface area contributed by atoms with Crippen molar-refractivity contribution in [2.24, 2.45) is 41.4 Å². The second kappa shape index (κ2) is 29.8. The van der Waals surface area contributed by atoms with Crippen molar-refractivity contribution in [2.45, 2.75) is 157 Å². The third kappa shape index (κ3) is 18.8. The van der Waals surface area contributed by atoms with E-state index < -0.39 is 26.4 Å². The van der Waals surface area contributed by atoms with Crippen LogP contribution in [-0.2, 0) is 55.6 Å². The molecule has 70 heavy (non-hydrogen) atoms. The zero-order valence-corrected chi connectivity index (χ0v) is 47.0. The van der Waals surface area contributed by atoms with Gasteiger partial charge in [0.05, 0.1) is 63.9 Å². The Labute approximate surface area is 424 Å². The Bertz CT molecular complexity index is 1900. The first-order valence-corrected chi connectivity index (χ1v) is 28.2. The Kier molecular flexibility index (Phi) is 25.9. The molecular formula is C58H92O11Si. The van der Waals surface area contributed by atoms with Gasteiger partial charge in [-0.05, 0) is 85.6 Å². The highest BCUT2D eigenvalue weighted by molar-refractivity contribution is 6.74. The van der Waals surface area contributed by atoms with Crippen LogP contribution in [0.3, 0.4) is 0 Å². The number of carbonyl (C=O) groups is 1. The summed E-state index contributed by atoms with van der Waals surface area (Å²) in [6.07, 6.45) is 12.3. The van der Waals surface area contributed by atoms with Crippen LogP contribution in [-0.4, -0.2) is 92.9 Å². The van der Waals surface area contributed by atoms with E-state index >= 15 is 0 Å². The van der Waals surface area contributed by atoms with Crippen LogP contribution in [0.5, 0.6) is 11.5 Å². The van der Waals surface area contributed by atoms with Crippen LogP contribution in [0.1, 0.15) is 100 Å². The van der Waals surface area contributed by atoms with Gasteiger partial charge in [-0.2, -0.15) is 0 Å². The summed E-state index contributed by atoms with van der Waals surface area (Å²) in [5, 5.41) is 0.0405. The topological polar surface area (TPSA) is 109 Å². The molecular weight excluding hydrogens is 901 g/mol. The molecule has 0 saturated carbocycles. The molecule has 0 aromatic heterocycles. The van der Waals surface area contributed by atoms with Crippen LogP contribution in [0, 0.1) is 41.4 Å². The Balaban J connectivity index is 1.86. The fraction of sp³-hybridized carbons (Fsp3) is 0.638. The molecule has 12 heteroatoms. The van der Waals surface area contributed by atoms with Crippen molar-refractivity contribution in [1.82, 2.24) is 0 Å². The second-order valence-electron chi connectivity index (χ2n) is 21.2. The third-order valence-corrected chi connectivity index (χ3v) is 18.9. The Morgan fingerprint density at radius 2 is 1.30 bits per heavy atom. The number of esters is 1. The molecule has 0 N–H and O–H groups in total. The first-order valence-electron chi connectivity index (χ1n) is 25.3. The first-order chi connectivity index (χ1) is 33.1. The smallest absolute Gasteiger partial charge is 0.311 e. The van der Waals surface area contributed by atoms with Crippen LogP contribution in [0.25, 0.3) is 0 Å². The predicted molar refractivity (Wildman–Crippen MR) is 284 cm³/mol. The average Bonchev–Trinajstić information content (AvgIpc) is 3.32. The van der Waals surface area contributed by atoms with Crippen molar-refractivity contribution in [3.8, 4) is 11.5 Å².